The molecule has 1 amide bonds. The van der Waals surface area contributed by atoms with Gasteiger partial charge in [0.05, 0.1) is 6.04 Å². The Balaban J connectivity index is 2.37. The fraction of sp³-hybridized carbons (Fsp3) is 0.500. The van der Waals surface area contributed by atoms with Crippen molar-refractivity contribution >= 4 is 21.8 Å². The standard InChI is InChI=1S/C14H21BrN2O/c1-10(2)16-9-8-14(18)17-11(3)12-4-6-13(15)7-5-12/h4-7,10-11,16H,8-9H2,1-3H3,(H,17,18)/t11-/m0/s1. The summed E-state index contributed by atoms with van der Waals surface area (Å²) in [5.41, 5.74) is 1.11. The molecule has 1 aromatic carbocycles. The number of nitrogens with one attached hydrogen (secondary N) is 2. The molecule has 0 radical (unpaired) electrons. The third-order valence-electron chi connectivity index (χ3n) is 2.65. The molecule has 0 aromatic heterocycles. The van der Waals surface area contributed by atoms with Crippen LogP contribution in [0.3, 0.4) is 0 Å². The lowest BCUT2D eigenvalue weighted by molar-refractivity contribution is -0.121. The van der Waals surface area contributed by atoms with E-state index in [2.05, 4.69) is 40.4 Å². The molecule has 2 N–H and O–H groups in total. The number of halogens is 1. The number of benzene rings is 1. The molecule has 0 spiro atoms. The van der Waals surface area contributed by atoms with Crippen LogP contribution >= 0.6 is 15.9 Å². The van der Waals surface area contributed by atoms with Crippen LogP contribution in [-0.2, 0) is 4.79 Å². The third kappa shape index (κ3) is 5.65. The van der Waals surface area contributed by atoms with Crippen molar-refractivity contribution in [3.05, 3.63) is 34.3 Å². The van der Waals surface area contributed by atoms with E-state index in [0.29, 0.717) is 12.5 Å². The van der Waals surface area contributed by atoms with Gasteiger partial charge in [-0.2, -0.15) is 0 Å². The number of carbonyl (C=O) groups is 1. The Hall–Kier alpha value is -0.870. The lowest BCUT2D eigenvalue weighted by atomic mass is 10.1. The Morgan fingerprint density at radius 3 is 2.39 bits per heavy atom. The molecule has 18 heavy (non-hydrogen) atoms. The quantitative estimate of drug-likeness (QED) is 0.847. The summed E-state index contributed by atoms with van der Waals surface area (Å²) in [5, 5.41) is 6.22. The van der Waals surface area contributed by atoms with Crippen LogP contribution < -0.4 is 10.6 Å². The molecule has 1 aromatic rings. The Morgan fingerprint density at radius 1 is 1.22 bits per heavy atom. The smallest absolute Gasteiger partial charge is 0.221 e. The van der Waals surface area contributed by atoms with Crippen LogP contribution in [0, 0.1) is 0 Å². The van der Waals surface area contributed by atoms with Gasteiger partial charge in [0.2, 0.25) is 5.91 Å². The highest BCUT2D eigenvalue weighted by atomic mass is 79.9. The lowest BCUT2D eigenvalue weighted by Crippen LogP contribution is -2.31. The van der Waals surface area contributed by atoms with E-state index in [1.807, 2.05) is 31.2 Å². The number of amides is 1. The molecule has 0 fully saturated rings. The minimum absolute atomic E-state index is 0.0460. The molecule has 4 heteroatoms. The van der Waals surface area contributed by atoms with Crippen molar-refractivity contribution in [1.29, 1.82) is 0 Å². The van der Waals surface area contributed by atoms with Crippen molar-refractivity contribution in [2.75, 3.05) is 6.54 Å². The summed E-state index contributed by atoms with van der Waals surface area (Å²) in [7, 11) is 0. The van der Waals surface area contributed by atoms with Gasteiger partial charge in [-0.1, -0.05) is 41.9 Å². The number of hydrogen-bond acceptors (Lipinski definition) is 2. The largest absolute Gasteiger partial charge is 0.350 e. The molecule has 1 atom stereocenters. The molecule has 0 heterocycles. The van der Waals surface area contributed by atoms with E-state index < -0.39 is 0 Å². The maximum Gasteiger partial charge on any atom is 0.221 e. The van der Waals surface area contributed by atoms with Gasteiger partial charge in [0, 0.05) is 23.5 Å². The Labute approximate surface area is 117 Å². The van der Waals surface area contributed by atoms with E-state index in [-0.39, 0.29) is 11.9 Å². The molecular weight excluding hydrogens is 292 g/mol. The summed E-state index contributed by atoms with van der Waals surface area (Å²) in [6.07, 6.45) is 0.513. The normalized spacial score (nSPS) is 12.5. The highest BCUT2D eigenvalue weighted by Gasteiger charge is 2.09. The van der Waals surface area contributed by atoms with Crippen molar-refractivity contribution in [2.45, 2.75) is 39.3 Å². The highest BCUT2D eigenvalue weighted by Crippen LogP contribution is 2.16. The van der Waals surface area contributed by atoms with Crippen LogP contribution in [0.25, 0.3) is 0 Å². The topological polar surface area (TPSA) is 41.1 Å². The molecule has 0 aliphatic heterocycles. The third-order valence-corrected chi connectivity index (χ3v) is 3.18. The van der Waals surface area contributed by atoms with E-state index in [0.717, 1.165) is 16.6 Å². The van der Waals surface area contributed by atoms with Gasteiger partial charge in [0.1, 0.15) is 0 Å². The second-order valence-corrected chi connectivity index (χ2v) is 5.62. The van der Waals surface area contributed by atoms with Gasteiger partial charge in [-0.25, -0.2) is 0 Å². The lowest BCUT2D eigenvalue weighted by Gasteiger charge is -2.15. The average Bonchev–Trinajstić information content (AvgIpc) is 2.29. The average molecular weight is 313 g/mol. The fourth-order valence-corrected chi connectivity index (χ4v) is 1.89. The summed E-state index contributed by atoms with van der Waals surface area (Å²) in [6, 6.07) is 8.46. The first-order valence-electron chi connectivity index (χ1n) is 6.27. The maximum atomic E-state index is 11.7. The second kappa shape index (κ2) is 7.54. The first-order chi connectivity index (χ1) is 8.49. The van der Waals surface area contributed by atoms with Crippen LogP contribution in [0.4, 0.5) is 0 Å². The van der Waals surface area contributed by atoms with Crippen LogP contribution in [0.15, 0.2) is 28.7 Å². The Kier molecular flexibility index (Phi) is 6.36. The highest BCUT2D eigenvalue weighted by molar-refractivity contribution is 9.10. The van der Waals surface area contributed by atoms with Crippen molar-refractivity contribution in [2.24, 2.45) is 0 Å². The molecule has 1 rings (SSSR count). The van der Waals surface area contributed by atoms with Crippen LogP contribution in [-0.4, -0.2) is 18.5 Å². The Morgan fingerprint density at radius 2 is 1.83 bits per heavy atom. The van der Waals surface area contributed by atoms with Crippen molar-refractivity contribution < 1.29 is 4.79 Å². The van der Waals surface area contributed by atoms with Gasteiger partial charge < -0.3 is 10.6 Å². The molecule has 0 bridgehead atoms. The predicted octanol–water partition coefficient (Wildman–Crippen LogP) is 3.01. The summed E-state index contributed by atoms with van der Waals surface area (Å²) in [6.45, 7) is 6.86. The van der Waals surface area contributed by atoms with Gasteiger partial charge >= 0.3 is 0 Å². The SMILES string of the molecule is CC(C)NCCC(=O)N[C@@H](C)c1ccc(Br)cc1. The Bertz CT molecular complexity index is 376. The molecular formula is C14H21BrN2O. The molecule has 3 nitrogen and oxygen atoms in total. The van der Waals surface area contributed by atoms with Crippen LogP contribution in [0.2, 0.25) is 0 Å². The van der Waals surface area contributed by atoms with Crippen LogP contribution in [0.1, 0.15) is 38.8 Å². The van der Waals surface area contributed by atoms with Gasteiger partial charge in [-0.05, 0) is 24.6 Å². The zero-order chi connectivity index (χ0) is 13.5. The van der Waals surface area contributed by atoms with Gasteiger partial charge in [-0.15, -0.1) is 0 Å². The number of carbonyl (C=O) groups excluding carboxylic acids is 1. The fourth-order valence-electron chi connectivity index (χ4n) is 1.62. The second-order valence-electron chi connectivity index (χ2n) is 4.70. The van der Waals surface area contributed by atoms with E-state index in [9.17, 15) is 4.79 Å². The van der Waals surface area contributed by atoms with Gasteiger partial charge in [0.25, 0.3) is 0 Å². The molecule has 100 valence electrons. The summed E-state index contributed by atoms with van der Waals surface area (Å²) < 4.78 is 1.05. The molecule has 0 aliphatic carbocycles. The summed E-state index contributed by atoms with van der Waals surface area (Å²) >= 11 is 3.40. The minimum Gasteiger partial charge on any atom is -0.350 e. The first kappa shape index (κ1) is 15.2. The van der Waals surface area contributed by atoms with E-state index in [4.69, 9.17) is 0 Å². The summed E-state index contributed by atoms with van der Waals surface area (Å²) in [4.78, 5) is 11.7. The van der Waals surface area contributed by atoms with Crippen molar-refractivity contribution in [3.63, 3.8) is 0 Å². The molecule has 0 unspecified atom stereocenters. The molecule has 0 saturated heterocycles. The van der Waals surface area contributed by atoms with E-state index >= 15 is 0 Å². The number of rotatable bonds is 6. The van der Waals surface area contributed by atoms with E-state index in [1.165, 1.54) is 0 Å². The maximum absolute atomic E-state index is 11.7. The molecule has 0 saturated carbocycles. The van der Waals surface area contributed by atoms with Crippen molar-refractivity contribution in [1.82, 2.24) is 10.6 Å². The zero-order valence-electron chi connectivity index (χ0n) is 11.2. The van der Waals surface area contributed by atoms with Crippen LogP contribution in [0.5, 0.6) is 0 Å². The van der Waals surface area contributed by atoms with Crippen molar-refractivity contribution in [3.8, 4) is 0 Å². The van der Waals surface area contributed by atoms with E-state index in [1.54, 1.807) is 0 Å². The minimum atomic E-state index is 0.0460. The zero-order valence-corrected chi connectivity index (χ0v) is 12.8. The van der Waals surface area contributed by atoms with Gasteiger partial charge in [0.15, 0.2) is 0 Å². The predicted molar refractivity (Wildman–Crippen MR) is 78.5 cm³/mol. The first-order valence-corrected chi connectivity index (χ1v) is 7.06. The number of hydrogen-bond donors (Lipinski definition) is 2. The monoisotopic (exact) mass is 312 g/mol. The van der Waals surface area contributed by atoms with Gasteiger partial charge in [-0.3, -0.25) is 4.79 Å². The molecule has 0 aliphatic rings. The summed E-state index contributed by atoms with van der Waals surface area (Å²) in [5.74, 6) is 0.0820.